The van der Waals surface area contributed by atoms with Crippen LogP contribution in [0.3, 0.4) is 0 Å². The van der Waals surface area contributed by atoms with Crippen LogP contribution in [-0.4, -0.2) is 37.0 Å². The summed E-state index contributed by atoms with van der Waals surface area (Å²) < 4.78 is 6.28. The first-order valence-corrected chi connectivity index (χ1v) is 9.52. The van der Waals surface area contributed by atoms with Gasteiger partial charge in [-0.1, -0.05) is 46.3 Å². The van der Waals surface area contributed by atoms with E-state index in [0.29, 0.717) is 0 Å². The second-order valence-electron chi connectivity index (χ2n) is 6.43. The van der Waals surface area contributed by atoms with E-state index < -0.39 is 0 Å². The van der Waals surface area contributed by atoms with E-state index in [1.165, 1.54) is 5.56 Å². The summed E-state index contributed by atoms with van der Waals surface area (Å²) in [5, 5.41) is 3.10. The molecule has 1 amide bonds. The maximum atomic E-state index is 12.3. The molecule has 1 saturated heterocycles. The number of amides is 1. The van der Waals surface area contributed by atoms with Gasteiger partial charge < -0.3 is 10.1 Å². The van der Waals surface area contributed by atoms with Gasteiger partial charge in [-0.25, -0.2) is 0 Å². The van der Waals surface area contributed by atoms with Crippen LogP contribution in [0.5, 0.6) is 5.75 Å². The van der Waals surface area contributed by atoms with E-state index in [-0.39, 0.29) is 11.9 Å². The topological polar surface area (TPSA) is 41.6 Å². The highest BCUT2D eigenvalue weighted by molar-refractivity contribution is 9.10. The number of methoxy groups -OCH3 is 1. The van der Waals surface area contributed by atoms with Crippen LogP contribution < -0.4 is 10.1 Å². The third kappa shape index (κ3) is 5.19. The van der Waals surface area contributed by atoms with Crippen molar-refractivity contribution in [1.29, 1.82) is 0 Å². The molecule has 0 aliphatic carbocycles. The number of benzene rings is 2. The van der Waals surface area contributed by atoms with E-state index in [1.807, 2.05) is 24.3 Å². The van der Waals surface area contributed by atoms with Crippen LogP contribution in [0, 0.1) is 0 Å². The van der Waals surface area contributed by atoms with Gasteiger partial charge in [0.15, 0.2) is 0 Å². The summed E-state index contributed by atoms with van der Waals surface area (Å²) in [5.41, 5.74) is 2.18. The van der Waals surface area contributed by atoms with Crippen LogP contribution in [-0.2, 0) is 11.3 Å². The van der Waals surface area contributed by atoms with Gasteiger partial charge in [-0.2, -0.15) is 0 Å². The Hall–Kier alpha value is -2.11. The lowest BCUT2D eigenvalue weighted by Crippen LogP contribution is -2.35. The Labute approximate surface area is 163 Å². The lowest BCUT2D eigenvalue weighted by Gasteiger charge is -2.16. The summed E-state index contributed by atoms with van der Waals surface area (Å²) in [4.78, 5) is 14.6. The van der Waals surface area contributed by atoms with Crippen molar-refractivity contribution in [3.63, 3.8) is 0 Å². The number of ether oxygens (including phenoxy) is 1. The molecule has 1 atom stereocenters. The molecule has 1 aliphatic heterocycles. The quantitative estimate of drug-likeness (QED) is 0.729. The Bertz CT molecular complexity index is 777. The molecule has 2 aromatic rings. The molecule has 0 bridgehead atoms. The predicted octanol–water partition coefficient (Wildman–Crippen LogP) is 3.86. The number of rotatable bonds is 6. The lowest BCUT2D eigenvalue weighted by atomic mass is 10.2. The highest BCUT2D eigenvalue weighted by Gasteiger charge is 2.23. The van der Waals surface area contributed by atoms with E-state index in [4.69, 9.17) is 4.74 Å². The number of nitrogens with zero attached hydrogens (tertiary/aromatic N) is 1. The molecule has 4 nitrogen and oxygen atoms in total. The Kier molecular flexibility index (Phi) is 6.47. The third-order valence-corrected chi connectivity index (χ3v) is 4.97. The molecular formula is C21H23BrN2O2. The molecule has 0 radical (unpaired) electrons. The van der Waals surface area contributed by atoms with E-state index >= 15 is 0 Å². The van der Waals surface area contributed by atoms with Crippen molar-refractivity contribution in [3.05, 3.63) is 70.2 Å². The summed E-state index contributed by atoms with van der Waals surface area (Å²) in [7, 11) is 1.63. The minimum Gasteiger partial charge on any atom is -0.496 e. The van der Waals surface area contributed by atoms with Crippen LogP contribution in [0.25, 0.3) is 6.08 Å². The fraction of sp³-hybridized carbons (Fsp3) is 0.286. The molecule has 3 rings (SSSR count). The van der Waals surface area contributed by atoms with Gasteiger partial charge in [-0.15, -0.1) is 0 Å². The molecule has 0 saturated carbocycles. The Morgan fingerprint density at radius 2 is 2.12 bits per heavy atom. The highest BCUT2D eigenvalue weighted by Crippen LogP contribution is 2.24. The minimum absolute atomic E-state index is 0.0708. The van der Waals surface area contributed by atoms with Crippen molar-refractivity contribution in [3.8, 4) is 5.75 Å². The predicted molar refractivity (Wildman–Crippen MR) is 108 cm³/mol. The van der Waals surface area contributed by atoms with E-state index in [0.717, 1.165) is 41.8 Å². The highest BCUT2D eigenvalue weighted by atomic mass is 79.9. The first kappa shape index (κ1) is 18.7. The summed E-state index contributed by atoms with van der Waals surface area (Å²) in [6.07, 6.45) is 4.34. The van der Waals surface area contributed by atoms with Crippen LogP contribution in [0.1, 0.15) is 17.5 Å². The molecule has 2 aromatic carbocycles. The van der Waals surface area contributed by atoms with Gasteiger partial charge in [-0.05, 0) is 36.3 Å². The molecule has 5 heteroatoms. The zero-order valence-electron chi connectivity index (χ0n) is 14.8. The van der Waals surface area contributed by atoms with Gasteiger partial charge >= 0.3 is 0 Å². The smallest absolute Gasteiger partial charge is 0.244 e. The molecule has 1 aliphatic rings. The molecule has 26 heavy (non-hydrogen) atoms. The normalized spacial score (nSPS) is 17.5. The van der Waals surface area contributed by atoms with Crippen molar-refractivity contribution < 1.29 is 9.53 Å². The molecule has 1 fully saturated rings. The number of hydrogen-bond donors (Lipinski definition) is 1. The Morgan fingerprint density at radius 1 is 1.31 bits per heavy atom. The van der Waals surface area contributed by atoms with Crippen molar-refractivity contribution in [2.24, 2.45) is 0 Å². The molecule has 1 heterocycles. The molecule has 1 N–H and O–H groups in total. The molecule has 0 aromatic heterocycles. The van der Waals surface area contributed by atoms with Gasteiger partial charge in [0.1, 0.15) is 5.75 Å². The van der Waals surface area contributed by atoms with Crippen LogP contribution in [0.15, 0.2) is 59.1 Å². The molecular weight excluding hydrogens is 392 g/mol. The van der Waals surface area contributed by atoms with E-state index in [9.17, 15) is 4.79 Å². The largest absolute Gasteiger partial charge is 0.496 e. The van der Waals surface area contributed by atoms with Crippen molar-refractivity contribution in [2.75, 3.05) is 20.2 Å². The first-order chi connectivity index (χ1) is 12.6. The van der Waals surface area contributed by atoms with Crippen LogP contribution in [0.4, 0.5) is 0 Å². The average molecular weight is 415 g/mol. The summed E-state index contributed by atoms with van der Waals surface area (Å²) in [5.74, 6) is 0.672. The fourth-order valence-corrected chi connectivity index (χ4v) is 3.56. The lowest BCUT2D eigenvalue weighted by molar-refractivity contribution is -0.117. The maximum absolute atomic E-state index is 12.3. The Balaban J connectivity index is 1.52. The molecule has 0 spiro atoms. The maximum Gasteiger partial charge on any atom is 0.244 e. The summed E-state index contributed by atoms with van der Waals surface area (Å²) in [6.45, 7) is 2.82. The minimum atomic E-state index is -0.0708. The van der Waals surface area contributed by atoms with Gasteiger partial charge in [-0.3, -0.25) is 9.69 Å². The van der Waals surface area contributed by atoms with E-state index in [1.54, 1.807) is 19.3 Å². The standard InChI is InChI=1S/C21H23BrN2O2/c1-26-20-9-8-18(22)13-17(20)7-10-21(25)23-19-11-12-24(15-19)14-16-5-3-2-4-6-16/h2-10,13,19H,11-12,14-15H2,1H3,(H,23,25)/b10-7+. The number of hydrogen-bond acceptors (Lipinski definition) is 3. The van der Waals surface area contributed by atoms with Gasteiger partial charge in [0, 0.05) is 41.8 Å². The fourth-order valence-electron chi connectivity index (χ4n) is 3.19. The van der Waals surface area contributed by atoms with Crippen molar-refractivity contribution in [1.82, 2.24) is 10.2 Å². The summed E-state index contributed by atoms with van der Waals surface area (Å²) >= 11 is 3.44. The zero-order valence-corrected chi connectivity index (χ0v) is 16.4. The third-order valence-electron chi connectivity index (χ3n) is 4.47. The average Bonchev–Trinajstić information content (AvgIpc) is 3.07. The zero-order chi connectivity index (χ0) is 18.4. The Morgan fingerprint density at radius 3 is 2.88 bits per heavy atom. The molecule has 136 valence electrons. The first-order valence-electron chi connectivity index (χ1n) is 8.72. The van der Waals surface area contributed by atoms with Crippen LogP contribution in [0.2, 0.25) is 0 Å². The number of carbonyl (C=O) groups excluding carboxylic acids is 1. The van der Waals surface area contributed by atoms with Crippen LogP contribution >= 0.6 is 15.9 Å². The summed E-state index contributed by atoms with van der Waals surface area (Å²) in [6, 6.07) is 16.3. The molecule has 1 unspecified atom stereocenters. The SMILES string of the molecule is COc1ccc(Br)cc1/C=C/C(=O)NC1CCN(Cc2ccccc2)C1. The van der Waals surface area contributed by atoms with Crippen molar-refractivity contribution in [2.45, 2.75) is 19.0 Å². The number of likely N-dealkylation sites (tertiary alicyclic amines) is 1. The van der Waals surface area contributed by atoms with E-state index in [2.05, 4.69) is 50.4 Å². The number of carbonyl (C=O) groups is 1. The monoisotopic (exact) mass is 414 g/mol. The number of nitrogens with one attached hydrogen (secondary N) is 1. The van der Waals surface area contributed by atoms with Gasteiger partial charge in [0.05, 0.1) is 7.11 Å². The second-order valence-corrected chi connectivity index (χ2v) is 7.35. The van der Waals surface area contributed by atoms with Crippen molar-refractivity contribution >= 4 is 27.9 Å². The number of halogens is 1. The van der Waals surface area contributed by atoms with Gasteiger partial charge in [0.2, 0.25) is 5.91 Å². The van der Waals surface area contributed by atoms with Gasteiger partial charge in [0.25, 0.3) is 0 Å². The second kappa shape index (κ2) is 9.01.